The summed E-state index contributed by atoms with van der Waals surface area (Å²) in [7, 11) is 1.87. The van der Waals surface area contributed by atoms with Crippen LogP contribution in [0.1, 0.15) is 33.6 Å². The zero-order chi connectivity index (χ0) is 17.0. The molecule has 0 aliphatic carbocycles. The van der Waals surface area contributed by atoms with Crippen LogP contribution >= 0.6 is 12.4 Å². The Morgan fingerprint density at radius 1 is 1.21 bits per heavy atom. The molecule has 140 valence electrons. The summed E-state index contributed by atoms with van der Waals surface area (Å²) in [6.45, 7) is 11.0. The number of halogens is 1. The number of nitrogens with one attached hydrogen (secondary N) is 1. The summed E-state index contributed by atoms with van der Waals surface area (Å²) >= 11 is 0. The third-order valence-electron chi connectivity index (χ3n) is 5.30. The van der Waals surface area contributed by atoms with Crippen LogP contribution in [0.3, 0.4) is 0 Å². The number of carbonyl (C=O) groups excluding carboxylic acids is 2. The van der Waals surface area contributed by atoms with Gasteiger partial charge in [-0.3, -0.25) is 14.5 Å². The van der Waals surface area contributed by atoms with Crippen LogP contribution in [0.5, 0.6) is 0 Å². The van der Waals surface area contributed by atoms with Gasteiger partial charge in [-0.1, -0.05) is 0 Å². The highest BCUT2D eigenvalue weighted by molar-refractivity contribution is 5.85. The van der Waals surface area contributed by atoms with Gasteiger partial charge in [0.05, 0.1) is 6.54 Å². The molecule has 2 aliphatic heterocycles. The molecule has 0 radical (unpaired) electrons. The summed E-state index contributed by atoms with van der Waals surface area (Å²) < 4.78 is 0. The highest BCUT2D eigenvalue weighted by atomic mass is 35.5. The van der Waals surface area contributed by atoms with Gasteiger partial charge >= 0.3 is 0 Å². The van der Waals surface area contributed by atoms with Gasteiger partial charge in [0.1, 0.15) is 0 Å². The van der Waals surface area contributed by atoms with Crippen LogP contribution in [0.2, 0.25) is 0 Å². The van der Waals surface area contributed by atoms with E-state index in [1.807, 2.05) is 30.7 Å². The molecule has 6 nitrogen and oxygen atoms in total. The molecule has 0 aromatic rings. The number of hydrogen-bond donors (Lipinski definition) is 1. The molecule has 0 saturated carbocycles. The Morgan fingerprint density at radius 3 is 2.38 bits per heavy atom. The Bertz CT molecular complexity index is 425. The summed E-state index contributed by atoms with van der Waals surface area (Å²) in [4.78, 5) is 30.9. The number of piperidine rings is 1. The van der Waals surface area contributed by atoms with Crippen molar-refractivity contribution in [3.63, 3.8) is 0 Å². The predicted molar refractivity (Wildman–Crippen MR) is 98.4 cm³/mol. The van der Waals surface area contributed by atoms with Crippen molar-refractivity contribution in [1.82, 2.24) is 20.0 Å². The fourth-order valence-corrected chi connectivity index (χ4v) is 3.31. The molecule has 0 aromatic carbocycles. The fraction of sp³-hybridized carbons (Fsp3) is 0.882. The largest absolute Gasteiger partial charge is 0.343 e. The minimum absolute atomic E-state index is 0. The van der Waals surface area contributed by atoms with Crippen molar-refractivity contribution >= 4 is 24.2 Å². The Labute approximate surface area is 152 Å². The van der Waals surface area contributed by atoms with E-state index in [1.165, 1.54) is 0 Å². The Hall–Kier alpha value is -0.850. The van der Waals surface area contributed by atoms with Crippen LogP contribution in [-0.4, -0.2) is 84.9 Å². The van der Waals surface area contributed by atoms with Crippen molar-refractivity contribution in [2.45, 2.75) is 45.7 Å². The molecule has 2 saturated heterocycles. The number of likely N-dealkylation sites (tertiary alicyclic amines) is 1. The molecule has 2 fully saturated rings. The average molecular weight is 361 g/mol. The molecule has 0 unspecified atom stereocenters. The van der Waals surface area contributed by atoms with E-state index in [1.54, 1.807) is 0 Å². The molecule has 2 aliphatic rings. The third-order valence-corrected chi connectivity index (χ3v) is 5.30. The van der Waals surface area contributed by atoms with E-state index in [2.05, 4.69) is 17.1 Å². The zero-order valence-electron chi connectivity index (χ0n) is 15.5. The van der Waals surface area contributed by atoms with Crippen LogP contribution in [-0.2, 0) is 9.59 Å². The van der Waals surface area contributed by atoms with Crippen molar-refractivity contribution in [1.29, 1.82) is 0 Å². The second-order valence-corrected chi connectivity index (χ2v) is 7.22. The van der Waals surface area contributed by atoms with E-state index in [0.29, 0.717) is 25.7 Å². The lowest BCUT2D eigenvalue weighted by molar-refractivity contribution is -0.141. The molecular weight excluding hydrogens is 328 g/mol. The van der Waals surface area contributed by atoms with E-state index < -0.39 is 0 Å². The number of nitrogens with zero attached hydrogens (tertiary/aromatic N) is 3. The molecule has 1 N–H and O–H groups in total. The summed E-state index contributed by atoms with van der Waals surface area (Å²) in [5.74, 6) is 0.509. The molecule has 7 heteroatoms. The Balaban J connectivity index is 0.00000288. The number of carbonyl (C=O) groups is 2. The lowest BCUT2D eigenvalue weighted by Crippen LogP contribution is -2.54. The number of rotatable bonds is 4. The maximum absolute atomic E-state index is 12.5. The van der Waals surface area contributed by atoms with E-state index in [9.17, 15) is 9.59 Å². The molecule has 2 heterocycles. The molecular formula is C17H33ClN4O2. The standard InChI is InChI=1S/C17H32N4O2.ClH/c1-13(2)19(4)17(23)15-5-8-20(9-6-15)16(22)12-21-10-7-18-11-14(21)3;/h13-15,18H,5-12H2,1-4H3;1H/t14-;/m1./s1. The minimum atomic E-state index is 0. The lowest BCUT2D eigenvalue weighted by atomic mass is 9.95. The van der Waals surface area contributed by atoms with Crippen molar-refractivity contribution in [2.75, 3.05) is 46.3 Å². The van der Waals surface area contributed by atoms with Crippen molar-refractivity contribution in [3.05, 3.63) is 0 Å². The average Bonchev–Trinajstić information content (AvgIpc) is 2.55. The molecule has 2 amide bonds. The molecule has 24 heavy (non-hydrogen) atoms. The fourth-order valence-electron chi connectivity index (χ4n) is 3.31. The molecule has 0 aromatic heterocycles. The zero-order valence-corrected chi connectivity index (χ0v) is 16.3. The van der Waals surface area contributed by atoms with Gasteiger partial charge < -0.3 is 15.1 Å². The first kappa shape index (κ1) is 21.2. The van der Waals surface area contributed by atoms with E-state index in [4.69, 9.17) is 0 Å². The second kappa shape index (κ2) is 9.59. The maximum Gasteiger partial charge on any atom is 0.236 e. The monoisotopic (exact) mass is 360 g/mol. The van der Waals surface area contributed by atoms with Gasteiger partial charge in [0.15, 0.2) is 0 Å². The molecule has 0 bridgehead atoms. The summed E-state index contributed by atoms with van der Waals surface area (Å²) in [5, 5.41) is 3.35. The van der Waals surface area contributed by atoms with E-state index in [0.717, 1.165) is 32.5 Å². The SMILES string of the molecule is CC(C)N(C)C(=O)C1CCN(C(=O)CN2CCNC[C@H]2C)CC1.Cl. The summed E-state index contributed by atoms with van der Waals surface area (Å²) in [6.07, 6.45) is 1.58. The van der Waals surface area contributed by atoms with Gasteiger partial charge in [0.2, 0.25) is 11.8 Å². The summed E-state index contributed by atoms with van der Waals surface area (Å²) in [6, 6.07) is 0.642. The maximum atomic E-state index is 12.5. The van der Waals surface area contributed by atoms with Crippen molar-refractivity contribution in [2.24, 2.45) is 5.92 Å². The van der Waals surface area contributed by atoms with Crippen LogP contribution in [0.4, 0.5) is 0 Å². The molecule has 2 rings (SSSR count). The van der Waals surface area contributed by atoms with E-state index >= 15 is 0 Å². The van der Waals surface area contributed by atoms with Gasteiger partial charge in [-0.05, 0) is 33.6 Å². The van der Waals surface area contributed by atoms with Gasteiger partial charge in [0.25, 0.3) is 0 Å². The topological polar surface area (TPSA) is 55.9 Å². The highest BCUT2D eigenvalue weighted by Gasteiger charge is 2.31. The Morgan fingerprint density at radius 2 is 1.83 bits per heavy atom. The van der Waals surface area contributed by atoms with E-state index in [-0.39, 0.29) is 36.2 Å². The molecule has 0 spiro atoms. The third kappa shape index (κ3) is 5.33. The van der Waals surface area contributed by atoms with Gasteiger partial charge in [0, 0.05) is 57.8 Å². The van der Waals surface area contributed by atoms with Crippen molar-refractivity contribution in [3.8, 4) is 0 Å². The lowest BCUT2D eigenvalue weighted by Gasteiger charge is -2.37. The van der Waals surface area contributed by atoms with Crippen LogP contribution in [0, 0.1) is 5.92 Å². The Kier molecular flexibility index (Phi) is 8.46. The first-order valence-corrected chi connectivity index (χ1v) is 8.89. The van der Waals surface area contributed by atoms with Gasteiger partial charge in [-0.25, -0.2) is 0 Å². The number of hydrogen-bond acceptors (Lipinski definition) is 4. The summed E-state index contributed by atoms with van der Waals surface area (Å²) in [5.41, 5.74) is 0. The van der Waals surface area contributed by atoms with Gasteiger partial charge in [-0.15, -0.1) is 12.4 Å². The quantitative estimate of drug-likeness (QED) is 0.806. The normalized spacial score (nSPS) is 23.0. The molecule has 1 atom stereocenters. The van der Waals surface area contributed by atoms with Crippen LogP contribution in [0.15, 0.2) is 0 Å². The predicted octanol–water partition coefficient (Wildman–Crippen LogP) is 0.807. The second-order valence-electron chi connectivity index (χ2n) is 7.22. The van der Waals surface area contributed by atoms with Crippen molar-refractivity contribution < 1.29 is 9.59 Å². The number of amides is 2. The smallest absolute Gasteiger partial charge is 0.236 e. The minimum Gasteiger partial charge on any atom is -0.343 e. The first-order chi connectivity index (χ1) is 10.9. The van der Waals surface area contributed by atoms with Crippen LogP contribution < -0.4 is 5.32 Å². The van der Waals surface area contributed by atoms with Crippen LogP contribution in [0.25, 0.3) is 0 Å². The highest BCUT2D eigenvalue weighted by Crippen LogP contribution is 2.20. The first-order valence-electron chi connectivity index (χ1n) is 8.89. The number of piperazine rings is 1. The van der Waals surface area contributed by atoms with Gasteiger partial charge in [-0.2, -0.15) is 0 Å².